The van der Waals surface area contributed by atoms with Crippen LogP contribution in [0.4, 0.5) is 17.6 Å². The standard InChI is InChI=1S/C30H38F4O3/c1-3-5-19-6-8-20(9-7-19)22-15-17-30(35,37-18-22)16-14-21-10-11-23(27(32)26(21)31)24-12-13-25(36-4-2)29(34)28(24)33/h10-13,19-20,22,35H,3-9,14-18H2,1-2H3. The summed E-state index contributed by atoms with van der Waals surface area (Å²) in [6.45, 7) is 4.49. The lowest BCUT2D eigenvalue weighted by molar-refractivity contribution is -0.244. The first kappa shape index (κ1) is 27.9. The molecule has 2 aromatic carbocycles. The van der Waals surface area contributed by atoms with E-state index >= 15 is 0 Å². The van der Waals surface area contributed by atoms with Crippen molar-refractivity contribution >= 4 is 0 Å². The second-order valence-corrected chi connectivity index (χ2v) is 10.7. The maximum Gasteiger partial charge on any atom is 0.201 e. The predicted octanol–water partition coefficient (Wildman–Crippen LogP) is 7.96. The van der Waals surface area contributed by atoms with E-state index in [4.69, 9.17) is 9.47 Å². The third kappa shape index (κ3) is 6.31. The molecule has 0 bridgehead atoms. The van der Waals surface area contributed by atoms with Crippen molar-refractivity contribution < 1.29 is 32.1 Å². The number of aliphatic hydroxyl groups is 1. The molecule has 2 atom stereocenters. The SMILES string of the molecule is CCCC1CCC(C2CCC(O)(CCc3ccc(-c4ccc(OCC)c(F)c4F)c(F)c3F)OC2)CC1. The van der Waals surface area contributed by atoms with Gasteiger partial charge in [0.25, 0.3) is 0 Å². The van der Waals surface area contributed by atoms with Gasteiger partial charge in [0, 0.05) is 24.0 Å². The van der Waals surface area contributed by atoms with E-state index in [1.165, 1.54) is 62.8 Å². The third-order valence-electron chi connectivity index (χ3n) is 8.31. The maximum absolute atomic E-state index is 14.9. The molecular weight excluding hydrogens is 484 g/mol. The number of halogens is 4. The van der Waals surface area contributed by atoms with E-state index in [9.17, 15) is 22.7 Å². The highest BCUT2D eigenvalue weighted by Gasteiger charge is 2.38. The van der Waals surface area contributed by atoms with Crippen molar-refractivity contribution in [1.82, 2.24) is 0 Å². The zero-order chi connectivity index (χ0) is 26.6. The van der Waals surface area contributed by atoms with Gasteiger partial charge < -0.3 is 14.6 Å². The zero-order valence-corrected chi connectivity index (χ0v) is 21.8. The highest BCUT2D eigenvalue weighted by molar-refractivity contribution is 5.66. The smallest absolute Gasteiger partial charge is 0.201 e. The Balaban J connectivity index is 1.36. The molecule has 2 aromatic rings. The lowest BCUT2D eigenvalue weighted by atomic mass is 9.72. The topological polar surface area (TPSA) is 38.7 Å². The van der Waals surface area contributed by atoms with Crippen molar-refractivity contribution in [2.45, 2.75) is 83.8 Å². The summed E-state index contributed by atoms with van der Waals surface area (Å²) in [7, 11) is 0. The summed E-state index contributed by atoms with van der Waals surface area (Å²) in [5.74, 6) is -4.68. The number of benzene rings is 2. The molecule has 1 saturated carbocycles. The van der Waals surface area contributed by atoms with Gasteiger partial charge in [-0.3, -0.25) is 0 Å². The fourth-order valence-corrected chi connectivity index (χ4v) is 6.08. The van der Waals surface area contributed by atoms with Crippen LogP contribution in [-0.2, 0) is 11.2 Å². The molecule has 3 nitrogen and oxygen atoms in total. The molecule has 0 radical (unpaired) electrons. The summed E-state index contributed by atoms with van der Waals surface area (Å²) in [6.07, 6.45) is 9.03. The van der Waals surface area contributed by atoms with Crippen LogP contribution in [0.5, 0.6) is 5.75 Å². The first-order chi connectivity index (χ1) is 17.8. The minimum Gasteiger partial charge on any atom is -0.491 e. The van der Waals surface area contributed by atoms with Crippen LogP contribution >= 0.6 is 0 Å². The summed E-state index contributed by atoms with van der Waals surface area (Å²) in [5, 5.41) is 10.9. The van der Waals surface area contributed by atoms with E-state index in [1.807, 2.05) is 0 Å². The van der Waals surface area contributed by atoms with Crippen molar-refractivity contribution in [1.29, 1.82) is 0 Å². The molecule has 1 aliphatic carbocycles. The molecule has 2 aliphatic rings. The van der Waals surface area contributed by atoms with Gasteiger partial charge in [0.2, 0.25) is 5.82 Å². The molecule has 7 heteroatoms. The highest BCUT2D eigenvalue weighted by atomic mass is 19.2. The lowest BCUT2D eigenvalue weighted by Crippen LogP contribution is -2.42. The molecule has 1 N–H and O–H groups in total. The van der Waals surface area contributed by atoms with Crippen molar-refractivity contribution in [2.24, 2.45) is 17.8 Å². The fourth-order valence-electron chi connectivity index (χ4n) is 6.08. The van der Waals surface area contributed by atoms with Crippen LogP contribution < -0.4 is 4.74 Å². The summed E-state index contributed by atoms with van der Waals surface area (Å²) in [6, 6.07) is 4.96. The molecule has 37 heavy (non-hydrogen) atoms. The van der Waals surface area contributed by atoms with Crippen LogP contribution in [0.15, 0.2) is 24.3 Å². The van der Waals surface area contributed by atoms with Crippen LogP contribution in [0, 0.1) is 41.0 Å². The minimum absolute atomic E-state index is 0.0569. The van der Waals surface area contributed by atoms with Gasteiger partial charge in [-0.2, -0.15) is 4.39 Å². The number of hydrogen-bond acceptors (Lipinski definition) is 3. The van der Waals surface area contributed by atoms with Gasteiger partial charge in [-0.1, -0.05) is 44.7 Å². The summed E-state index contributed by atoms with van der Waals surface area (Å²) < 4.78 is 69.5. The Morgan fingerprint density at radius 3 is 2.16 bits per heavy atom. The Labute approximate surface area is 217 Å². The lowest BCUT2D eigenvalue weighted by Gasteiger charge is -2.41. The third-order valence-corrected chi connectivity index (χ3v) is 8.31. The molecule has 0 spiro atoms. The van der Waals surface area contributed by atoms with Crippen LogP contribution in [0.25, 0.3) is 11.1 Å². The van der Waals surface area contributed by atoms with Crippen LogP contribution in [-0.4, -0.2) is 24.1 Å². The Morgan fingerprint density at radius 1 is 0.865 bits per heavy atom. The molecular formula is C30H38F4O3. The second kappa shape index (κ2) is 12.2. The molecule has 0 amide bonds. The summed E-state index contributed by atoms with van der Waals surface area (Å²) in [5.41, 5.74) is -0.695. The van der Waals surface area contributed by atoms with E-state index in [0.717, 1.165) is 12.3 Å². The fraction of sp³-hybridized carbons (Fsp3) is 0.600. The molecule has 2 unspecified atom stereocenters. The Bertz CT molecular complexity index is 1060. The first-order valence-corrected chi connectivity index (χ1v) is 13.7. The summed E-state index contributed by atoms with van der Waals surface area (Å²) >= 11 is 0. The van der Waals surface area contributed by atoms with E-state index in [2.05, 4.69) is 6.92 Å². The largest absolute Gasteiger partial charge is 0.491 e. The molecule has 0 aromatic heterocycles. The van der Waals surface area contributed by atoms with Gasteiger partial charge in [-0.25, -0.2) is 13.2 Å². The van der Waals surface area contributed by atoms with Crippen LogP contribution in [0.3, 0.4) is 0 Å². The van der Waals surface area contributed by atoms with Crippen molar-refractivity contribution in [3.8, 4) is 16.9 Å². The quantitative estimate of drug-likeness (QED) is 0.340. The van der Waals surface area contributed by atoms with Gasteiger partial charge in [-0.15, -0.1) is 0 Å². The number of aryl methyl sites for hydroxylation is 1. The van der Waals surface area contributed by atoms with Gasteiger partial charge in [0.15, 0.2) is 29.0 Å². The normalized spacial score (nSPS) is 26.3. The van der Waals surface area contributed by atoms with E-state index in [0.29, 0.717) is 24.9 Å². The Morgan fingerprint density at radius 2 is 1.54 bits per heavy atom. The Hall–Kier alpha value is -2.12. The number of hydrogen-bond donors (Lipinski definition) is 1. The maximum atomic E-state index is 14.9. The Kier molecular flexibility index (Phi) is 9.17. The van der Waals surface area contributed by atoms with Crippen molar-refractivity contribution in [3.05, 3.63) is 53.1 Å². The second-order valence-electron chi connectivity index (χ2n) is 10.7. The van der Waals surface area contributed by atoms with E-state index in [-0.39, 0.29) is 41.9 Å². The van der Waals surface area contributed by atoms with Gasteiger partial charge >= 0.3 is 0 Å². The van der Waals surface area contributed by atoms with Crippen LogP contribution in [0.2, 0.25) is 0 Å². The predicted molar refractivity (Wildman–Crippen MR) is 135 cm³/mol. The average Bonchev–Trinajstić information content (AvgIpc) is 2.90. The van der Waals surface area contributed by atoms with Gasteiger partial charge in [0.05, 0.1) is 13.2 Å². The molecule has 1 aliphatic heterocycles. The number of ether oxygens (including phenoxy) is 2. The van der Waals surface area contributed by atoms with E-state index in [1.54, 1.807) is 6.92 Å². The number of rotatable bonds is 9. The first-order valence-electron chi connectivity index (χ1n) is 13.7. The van der Waals surface area contributed by atoms with E-state index < -0.39 is 29.1 Å². The molecule has 204 valence electrons. The van der Waals surface area contributed by atoms with Crippen molar-refractivity contribution in [2.75, 3.05) is 13.2 Å². The molecule has 1 heterocycles. The molecule has 1 saturated heterocycles. The zero-order valence-electron chi connectivity index (χ0n) is 21.8. The van der Waals surface area contributed by atoms with Crippen molar-refractivity contribution in [3.63, 3.8) is 0 Å². The highest BCUT2D eigenvalue weighted by Crippen LogP contribution is 2.41. The average molecular weight is 523 g/mol. The van der Waals surface area contributed by atoms with Gasteiger partial charge in [0.1, 0.15) is 0 Å². The van der Waals surface area contributed by atoms with Gasteiger partial charge in [-0.05, 0) is 68.1 Å². The summed E-state index contributed by atoms with van der Waals surface area (Å²) in [4.78, 5) is 0. The monoisotopic (exact) mass is 522 g/mol. The molecule has 2 fully saturated rings. The van der Waals surface area contributed by atoms with Crippen LogP contribution in [0.1, 0.15) is 77.2 Å². The molecule has 4 rings (SSSR count). The minimum atomic E-state index is -1.37.